The van der Waals surface area contributed by atoms with Gasteiger partial charge in [-0.25, -0.2) is 0 Å². The summed E-state index contributed by atoms with van der Waals surface area (Å²) >= 11 is 0. The SMILES string of the molecule is CC(C)(C)n1ccc2c3c(ccc21)C=NC(N)N3. The van der Waals surface area contributed by atoms with Crippen molar-refractivity contribution in [1.29, 1.82) is 0 Å². The van der Waals surface area contributed by atoms with E-state index in [4.69, 9.17) is 5.73 Å². The third-order valence-corrected chi connectivity index (χ3v) is 3.29. The van der Waals surface area contributed by atoms with E-state index in [1.807, 2.05) is 6.21 Å². The molecule has 0 aliphatic carbocycles. The van der Waals surface area contributed by atoms with Crippen molar-refractivity contribution >= 4 is 22.8 Å². The highest BCUT2D eigenvalue weighted by molar-refractivity contribution is 6.03. The van der Waals surface area contributed by atoms with Gasteiger partial charge in [0.1, 0.15) is 0 Å². The maximum atomic E-state index is 5.82. The Morgan fingerprint density at radius 3 is 2.78 bits per heavy atom. The van der Waals surface area contributed by atoms with Crippen LogP contribution in [-0.2, 0) is 5.54 Å². The molecule has 0 saturated carbocycles. The maximum Gasteiger partial charge on any atom is 0.171 e. The minimum Gasteiger partial charge on any atom is -0.351 e. The van der Waals surface area contributed by atoms with Crippen molar-refractivity contribution in [3.05, 3.63) is 30.0 Å². The summed E-state index contributed by atoms with van der Waals surface area (Å²) in [6.45, 7) is 6.60. The predicted octanol–water partition coefficient (Wildman–Crippen LogP) is 2.48. The molecule has 3 rings (SSSR count). The number of aliphatic imine (C=N–C) groups is 1. The zero-order chi connectivity index (χ0) is 12.9. The van der Waals surface area contributed by atoms with Gasteiger partial charge in [-0.3, -0.25) is 10.7 Å². The van der Waals surface area contributed by atoms with Gasteiger partial charge in [0.25, 0.3) is 0 Å². The first-order chi connectivity index (χ1) is 8.47. The first kappa shape index (κ1) is 11.3. The van der Waals surface area contributed by atoms with Crippen LogP contribution in [0.25, 0.3) is 10.9 Å². The van der Waals surface area contributed by atoms with Gasteiger partial charge in [0.05, 0.1) is 11.2 Å². The van der Waals surface area contributed by atoms with E-state index in [2.05, 4.69) is 60.0 Å². The number of fused-ring (bicyclic) bond motifs is 3. The molecule has 0 spiro atoms. The highest BCUT2D eigenvalue weighted by atomic mass is 15.2. The Morgan fingerprint density at radius 2 is 2.06 bits per heavy atom. The predicted molar refractivity (Wildman–Crippen MR) is 76.1 cm³/mol. The molecule has 2 heterocycles. The van der Waals surface area contributed by atoms with Crippen LogP contribution in [0.2, 0.25) is 0 Å². The third kappa shape index (κ3) is 1.61. The lowest BCUT2D eigenvalue weighted by molar-refractivity contribution is 0.411. The average Bonchev–Trinajstić information content (AvgIpc) is 2.72. The van der Waals surface area contributed by atoms with Crippen molar-refractivity contribution in [3.63, 3.8) is 0 Å². The Balaban J connectivity index is 2.27. The standard InChI is InChI=1S/C14H18N4/c1-14(2,3)18-7-6-10-11(18)5-4-9-8-16-13(15)17-12(9)10/h4-8,13,17H,15H2,1-3H3. The van der Waals surface area contributed by atoms with Crippen LogP contribution in [0.1, 0.15) is 26.3 Å². The van der Waals surface area contributed by atoms with Crippen LogP contribution in [0, 0.1) is 0 Å². The third-order valence-electron chi connectivity index (χ3n) is 3.29. The topological polar surface area (TPSA) is 55.3 Å². The van der Waals surface area contributed by atoms with Crippen molar-refractivity contribution < 1.29 is 0 Å². The fourth-order valence-electron chi connectivity index (χ4n) is 2.43. The van der Waals surface area contributed by atoms with Gasteiger partial charge in [0.2, 0.25) is 0 Å². The molecule has 0 amide bonds. The molecule has 1 aliphatic rings. The molecule has 0 bridgehead atoms. The number of benzene rings is 1. The molecule has 4 heteroatoms. The second-order valence-corrected chi connectivity index (χ2v) is 5.69. The molecule has 1 atom stereocenters. The number of nitrogens with zero attached hydrogens (tertiary/aromatic N) is 2. The Hall–Kier alpha value is -1.81. The van der Waals surface area contributed by atoms with Gasteiger partial charge in [0, 0.05) is 28.9 Å². The van der Waals surface area contributed by atoms with Crippen LogP contribution in [0.15, 0.2) is 29.4 Å². The Morgan fingerprint density at radius 1 is 1.28 bits per heavy atom. The first-order valence-electron chi connectivity index (χ1n) is 6.17. The quantitative estimate of drug-likeness (QED) is 0.745. The fraction of sp³-hybridized carbons (Fsp3) is 0.357. The number of hydrogen-bond donors (Lipinski definition) is 2. The fourth-order valence-corrected chi connectivity index (χ4v) is 2.43. The summed E-state index contributed by atoms with van der Waals surface area (Å²) in [5.74, 6) is 0. The van der Waals surface area contributed by atoms with Crippen molar-refractivity contribution in [2.24, 2.45) is 10.7 Å². The molecule has 0 fully saturated rings. The van der Waals surface area contributed by atoms with Gasteiger partial charge in [0.15, 0.2) is 6.29 Å². The Kier molecular flexibility index (Phi) is 2.25. The maximum absolute atomic E-state index is 5.82. The number of hydrogen-bond acceptors (Lipinski definition) is 3. The summed E-state index contributed by atoms with van der Waals surface area (Å²) in [6, 6.07) is 6.37. The van der Waals surface area contributed by atoms with Crippen molar-refractivity contribution in [1.82, 2.24) is 4.57 Å². The van der Waals surface area contributed by atoms with Gasteiger partial charge in [-0.2, -0.15) is 0 Å². The van der Waals surface area contributed by atoms with E-state index in [-0.39, 0.29) is 11.8 Å². The second kappa shape index (κ2) is 3.59. The molecule has 2 aromatic rings. The summed E-state index contributed by atoms with van der Waals surface area (Å²) in [5, 5.41) is 4.43. The van der Waals surface area contributed by atoms with Crippen LogP contribution >= 0.6 is 0 Å². The molecule has 94 valence electrons. The lowest BCUT2D eigenvalue weighted by Crippen LogP contribution is -2.30. The molecule has 4 nitrogen and oxygen atoms in total. The van der Waals surface area contributed by atoms with Gasteiger partial charge in [-0.15, -0.1) is 0 Å². The minimum atomic E-state index is -0.346. The number of rotatable bonds is 0. The molecule has 1 aromatic carbocycles. The normalized spacial score (nSPS) is 18.8. The van der Waals surface area contributed by atoms with Gasteiger partial charge in [-0.1, -0.05) is 0 Å². The van der Waals surface area contributed by atoms with Crippen LogP contribution in [0.3, 0.4) is 0 Å². The number of nitrogens with one attached hydrogen (secondary N) is 1. The first-order valence-corrected chi connectivity index (χ1v) is 6.17. The van der Waals surface area contributed by atoms with E-state index in [0.717, 1.165) is 11.3 Å². The van der Waals surface area contributed by atoms with E-state index < -0.39 is 0 Å². The van der Waals surface area contributed by atoms with Crippen molar-refractivity contribution in [2.75, 3.05) is 5.32 Å². The number of aromatic nitrogens is 1. The largest absolute Gasteiger partial charge is 0.351 e. The van der Waals surface area contributed by atoms with E-state index >= 15 is 0 Å². The molecular weight excluding hydrogens is 224 g/mol. The number of nitrogens with two attached hydrogens (primary N) is 1. The van der Waals surface area contributed by atoms with Crippen molar-refractivity contribution in [2.45, 2.75) is 32.6 Å². The van der Waals surface area contributed by atoms with Crippen LogP contribution in [0.5, 0.6) is 0 Å². The van der Waals surface area contributed by atoms with Gasteiger partial charge in [-0.05, 0) is 39.0 Å². The molecule has 0 radical (unpaired) electrons. The van der Waals surface area contributed by atoms with E-state index in [1.165, 1.54) is 10.9 Å². The van der Waals surface area contributed by atoms with Crippen LogP contribution in [0.4, 0.5) is 5.69 Å². The summed E-state index contributed by atoms with van der Waals surface area (Å²) in [4.78, 5) is 4.17. The summed E-state index contributed by atoms with van der Waals surface area (Å²) in [6.07, 6.45) is 3.62. The minimum absolute atomic E-state index is 0.0703. The van der Waals surface area contributed by atoms with Crippen molar-refractivity contribution in [3.8, 4) is 0 Å². The lowest BCUT2D eigenvalue weighted by Gasteiger charge is -2.24. The Bertz CT molecular complexity index is 631. The second-order valence-electron chi connectivity index (χ2n) is 5.69. The lowest BCUT2D eigenvalue weighted by atomic mass is 10.1. The van der Waals surface area contributed by atoms with Crippen LogP contribution in [-0.4, -0.2) is 17.1 Å². The molecule has 1 aliphatic heterocycles. The molecule has 0 saturated heterocycles. The molecule has 3 N–H and O–H groups in total. The molecule has 1 aromatic heterocycles. The highest BCUT2D eigenvalue weighted by Crippen LogP contribution is 2.32. The summed E-state index contributed by atoms with van der Waals surface area (Å²) in [5.41, 5.74) is 9.28. The van der Waals surface area contributed by atoms with Gasteiger partial charge < -0.3 is 9.88 Å². The van der Waals surface area contributed by atoms with E-state index in [0.29, 0.717) is 0 Å². The number of anilines is 1. The highest BCUT2D eigenvalue weighted by Gasteiger charge is 2.19. The smallest absolute Gasteiger partial charge is 0.171 e. The summed E-state index contributed by atoms with van der Waals surface area (Å²) in [7, 11) is 0. The monoisotopic (exact) mass is 242 g/mol. The van der Waals surface area contributed by atoms with E-state index in [1.54, 1.807) is 0 Å². The van der Waals surface area contributed by atoms with E-state index in [9.17, 15) is 0 Å². The van der Waals surface area contributed by atoms with Gasteiger partial charge >= 0.3 is 0 Å². The Labute approximate surface area is 107 Å². The molecule has 18 heavy (non-hydrogen) atoms. The zero-order valence-electron chi connectivity index (χ0n) is 10.9. The molecule has 1 unspecified atom stereocenters. The average molecular weight is 242 g/mol. The zero-order valence-corrected chi connectivity index (χ0v) is 10.9. The van der Waals surface area contributed by atoms with Crippen LogP contribution < -0.4 is 11.1 Å². The summed E-state index contributed by atoms with van der Waals surface area (Å²) < 4.78 is 2.28. The molecular formula is C14H18N4.